The first-order valence-corrected chi connectivity index (χ1v) is 9.39. The van der Waals surface area contributed by atoms with Gasteiger partial charge < -0.3 is 11.5 Å². The molecule has 2 aromatic heterocycles. The van der Waals surface area contributed by atoms with E-state index in [0.717, 1.165) is 29.7 Å². The molecule has 0 radical (unpaired) electrons. The third-order valence-electron chi connectivity index (χ3n) is 5.65. The van der Waals surface area contributed by atoms with Crippen LogP contribution in [-0.4, -0.2) is 15.0 Å². The number of halogens is 1. The standard InChI is InChI=1S/C21H24FN5/c1-10(2)14-9-4-11(3)15-16(12-5-7-13(22)8-6-12)17-19(23)26-21(24)27-20(17)25-18(14)15/h5-8,10-11,14H,4,9H2,1-3H3,(H4,23,24,25,26,27). The maximum atomic E-state index is 13.6. The van der Waals surface area contributed by atoms with Gasteiger partial charge in [0.25, 0.3) is 0 Å². The molecule has 1 aliphatic carbocycles. The molecule has 2 atom stereocenters. The number of anilines is 2. The summed E-state index contributed by atoms with van der Waals surface area (Å²) in [5.41, 5.74) is 16.7. The van der Waals surface area contributed by atoms with Crippen LogP contribution in [0.2, 0.25) is 0 Å². The summed E-state index contributed by atoms with van der Waals surface area (Å²) < 4.78 is 13.6. The lowest BCUT2D eigenvalue weighted by molar-refractivity contribution is 0.402. The second-order valence-electron chi connectivity index (χ2n) is 7.79. The number of hydrogen-bond acceptors (Lipinski definition) is 5. The van der Waals surface area contributed by atoms with Crippen LogP contribution in [0.3, 0.4) is 0 Å². The highest BCUT2D eigenvalue weighted by atomic mass is 19.1. The summed E-state index contributed by atoms with van der Waals surface area (Å²) in [4.78, 5) is 13.4. The Kier molecular flexibility index (Phi) is 4.21. The van der Waals surface area contributed by atoms with Gasteiger partial charge in [-0.3, -0.25) is 0 Å². The van der Waals surface area contributed by atoms with Gasteiger partial charge in [0.05, 0.1) is 11.1 Å². The van der Waals surface area contributed by atoms with Crippen molar-refractivity contribution < 1.29 is 4.39 Å². The van der Waals surface area contributed by atoms with Crippen molar-refractivity contribution in [2.75, 3.05) is 11.5 Å². The van der Waals surface area contributed by atoms with Crippen molar-refractivity contribution in [2.24, 2.45) is 5.92 Å². The van der Waals surface area contributed by atoms with Gasteiger partial charge in [-0.1, -0.05) is 32.9 Å². The van der Waals surface area contributed by atoms with E-state index in [1.807, 2.05) is 0 Å². The number of nitrogen functional groups attached to an aromatic ring is 2. The number of aromatic nitrogens is 3. The van der Waals surface area contributed by atoms with Crippen molar-refractivity contribution in [1.29, 1.82) is 0 Å². The minimum Gasteiger partial charge on any atom is -0.383 e. The van der Waals surface area contributed by atoms with Crippen LogP contribution in [-0.2, 0) is 0 Å². The van der Waals surface area contributed by atoms with Crippen LogP contribution >= 0.6 is 0 Å². The maximum absolute atomic E-state index is 13.6. The first kappa shape index (κ1) is 17.6. The average molecular weight is 365 g/mol. The third-order valence-corrected chi connectivity index (χ3v) is 5.65. The first-order valence-electron chi connectivity index (χ1n) is 9.39. The zero-order valence-electron chi connectivity index (χ0n) is 15.8. The molecular formula is C21H24FN5. The number of pyridine rings is 1. The molecule has 0 bridgehead atoms. The fourth-order valence-corrected chi connectivity index (χ4v) is 4.30. The van der Waals surface area contributed by atoms with Gasteiger partial charge in [-0.15, -0.1) is 0 Å². The lowest BCUT2D eigenvalue weighted by Gasteiger charge is -2.33. The summed E-state index contributed by atoms with van der Waals surface area (Å²) in [6, 6.07) is 6.50. The number of nitrogens with two attached hydrogens (primary N) is 2. The molecule has 140 valence electrons. The summed E-state index contributed by atoms with van der Waals surface area (Å²) in [6.45, 7) is 6.65. The van der Waals surface area contributed by atoms with E-state index in [0.29, 0.717) is 34.6 Å². The highest BCUT2D eigenvalue weighted by Gasteiger charge is 2.33. The molecule has 0 fully saturated rings. The molecule has 2 heterocycles. The van der Waals surface area contributed by atoms with Gasteiger partial charge in [-0.25, -0.2) is 9.37 Å². The fraction of sp³-hybridized carbons (Fsp3) is 0.381. The second-order valence-corrected chi connectivity index (χ2v) is 7.79. The molecule has 27 heavy (non-hydrogen) atoms. The Morgan fingerprint density at radius 3 is 2.41 bits per heavy atom. The van der Waals surface area contributed by atoms with Crippen LogP contribution < -0.4 is 11.5 Å². The minimum atomic E-state index is -0.271. The highest BCUT2D eigenvalue weighted by Crippen LogP contribution is 2.48. The second kappa shape index (κ2) is 6.44. The number of benzene rings is 1. The molecule has 0 aliphatic heterocycles. The topological polar surface area (TPSA) is 90.7 Å². The Balaban J connectivity index is 2.15. The summed E-state index contributed by atoms with van der Waals surface area (Å²) in [5.74, 6) is 1.28. The quantitative estimate of drug-likeness (QED) is 0.691. The lowest BCUT2D eigenvalue weighted by atomic mass is 9.73. The molecule has 0 saturated heterocycles. The third kappa shape index (κ3) is 2.89. The molecule has 0 saturated carbocycles. The summed E-state index contributed by atoms with van der Waals surface area (Å²) in [6.07, 6.45) is 2.16. The SMILES string of the molecule is CC1CCC(C(C)C)c2nc3nc(N)nc(N)c3c(-c3ccc(F)cc3)c21. The van der Waals surface area contributed by atoms with Crippen LogP contribution in [0.4, 0.5) is 16.2 Å². The molecule has 1 aliphatic rings. The largest absolute Gasteiger partial charge is 0.383 e. The molecule has 1 aromatic carbocycles. The lowest BCUT2D eigenvalue weighted by Crippen LogP contribution is -2.21. The first-order chi connectivity index (χ1) is 12.9. The fourth-order valence-electron chi connectivity index (χ4n) is 4.30. The van der Waals surface area contributed by atoms with E-state index >= 15 is 0 Å². The van der Waals surface area contributed by atoms with Crippen molar-refractivity contribution in [3.63, 3.8) is 0 Å². The van der Waals surface area contributed by atoms with Crippen molar-refractivity contribution in [3.05, 3.63) is 41.3 Å². The zero-order valence-corrected chi connectivity index (χ0v) is 15.8. The monoisotopic (exact) mass is 365 g/mol. The predicted molar refractivity (Wildman–Crippen MR) is 107 cm³/mol. The summed E-state index contributed by atoms with van der Waals surface area (Å²) in [5, 5.41) is 0.700. The molecule has 3 aromatic rings. The average Bonchev–Trinajstić information content (AvgIpc) is 2.60. The van der Waals surface area contributed by atoms with Gasteiger partial charge in [0.15, 0.2) is 5.65 Å². The van der Waals surface area contributed by atoms with Crippen LogP contribution in [0, 0.1) is 11.7 Å². The Hall–Kier alpha value is -2.76. The van der Waals surface area contributed by atoms with Gasteiger partial charge in [-0.2, -0.15) is 9.97 Å². The van der Waals surface area contributed by atoms with Gasteiger partial charge in [0, 0.05) is 11.5 Å². The van der Waals surface area contributed by atoms with Gasteiger partial charge in [0.2, 0.25) is 5.95 Å². The van der Waals surface area contributed by atoms with Crippen molar-refractivity contribution in [3.8, 4) is 11.1 Å². The van der Waals surface area contributed by atoms with Crippen LogP contribution in [0.1, 0.15) is 56.7 Å². The van der Waals surface area contributed by atoms with E-state index in [1.54, 1.807) is 12.1 Å². The van der Waals surface area contributed by atoms with Crippen molar-refractivity contribution in [2.45, 2.75) is 45.4 Å². The van der Waals surface area contributed by atoms with Crippen molar-refractivity contribution >= 4 is 22.8 Å². The van der Waals surface area contributed by atoms with Crippen molar-refractivity contribution in [1.82, 2.24) is 15.0 Å². The predicted octanol–water partition coefficient (Wildman–Crippen LogP) is 4.63. The molecule has 4 N–H and O–H groups in total. The van der Waals surface area contributed by atoms with E-state index in [9.17, 15) is 4.39 Å². The van der Waals surface area contributed by atoms with E-state index in [2.05, 4.69) is 30.7 Å². The van der Waals surface area contributed by atoms with E-state index in [4.69, 9.17) is 16.5 Å². The van der Waals surface area contributed by atoms with Gasteiger partial charge in [0.1, 0.15) is 11.6 Å². The smallest absolute Gasteiger partial charge is 0.224 e. The summed E-state index contributed by atoms with van der Waals surface area (Å²) in [7, 11) is 0. The van der Waals surface area contributed by atoms with Crippen LogP contribution in [0.25, 0.3) is 22.2 Å². The Morgan fingerprint density at radius 2 is 1.74 bits per heavy atom. The van der Waals surface area contributed by atoms with E-state index in [1.165, 1.54) is 17.7 Å². The molecule has 2 unspecified atom stereocenters. The maximum Gasteiger partial charge on any atom is 0.224 e. The molecule has 5 nitrogen and oxygen atoms in total. The van der Waals surface area contributed by atoms with Crippen LogP contribution in [0.15, 0.2) is 24.3 Å². The molecule has 0 spiro atoms. The molecule has 4 rings (SSSR count). The normalized spacial score (nSPS) is 19.4. The van der Waals surface area contributed by atoms with E-state index in [-0.39, 0.29) is 11.8 Å². The van der Waals surface area contributed by atoms with Crippen LogP contribution in [0.5, 0.6) is 0 Å². The summed E-state index contributed by atoms with van der Waals surface area (Å²) >= 11 is 0. The number of hydrogen-bond donors (Lipinski definition) is 2. The number of fused-ring (bicyclic) bond motifs is 2. The highest BCUT2D eigenvalue weighted by molar-refractivity contribution is 6.02. The minimum absolute atomic E-state index is 0.113. The number of nitrogens with zero attached hydrogens (tertiary/aromatic N) is 3. The molecule has 6 heteroatoms. The van der Waals surface area contributed by atoms with Gasteiger partial charge in [-0.05, 0) is 47.9 Å². The Labute approximate surface area is 158 Å². The number of rotatable bonds is 2. The Morgan fingerprint density at radius 1 is 1.04 bits per heavy atom. The van der Waals surface area contributed by atoms with E-state index < -0.39 is 0 Å². The Bertz CT molecular complexity index is 1010. The molecule has 0 amide bonds. The van der Waals surface area contributed by atoms with Gasteiger partial charge >= 0.3 is 0 Å². The molecular weight excluding hydrogens is 341 g/mol. The zero-order chi connectivity index (χ0) is 19.3.